The quantitative estimate of drug-likeness (QED) is 0.132. The first-order valence-corrected chi connectivity index (χ1v) is 17.0. The van der Waals surface area contributed by atoms with Gasteiger partial charge in [0.15, 0.2) is 0 Å². The molecule has 0 radical (unpaired) electrons. The first-order valence-electron chi connectivity index (χ1n) is 16.6. The fraction of sp³-hybridized carbons (Fsp3) is 0.324. The normalized spacial score (nSPS) is 17.0. The predicted molar refractivity (Wildman–Crippen MR) is 189 cm³/mol. The van der Waals surface area contributed by atoms with Gasteiger partial charge in [0, 0.05) is 85.9 Å². The number of anilines is 1. The van der Waals surface area contributed by atoms with Gasteiger partial charge < -0.3 is 31.3 Å². The van der Waals surface area contributed by atoms with E-state index in [2.05, 4.69) is 36.6 Å². The number of nitrogens with one attached hydrogen (secondary N) is 5. The van der Waals surface area contributed by atoms with Crippen LogP contribution in [0.5, 0.6) is 5.75 Å². The van der Waals surface area contributed by atoms with Crippen molar-refractivity contribution in [3.63, 3.8) is 0 Å². The van der Waals surface area contributed by atoms with Gasteiger partial charge in [0.25, 0.3) is 5.91 Å². The minimum atomic E-state index is -0.469. The molecule has 4 heterocycles. The standard InChI is InChI=1S/C37H39ClFN7O4/c1-21-26(4-3-5-30(21)46-37(49)31-9-6-22(17-43-31)16-40-18-24-7-10-33(47)44-24)27-12-13-42-36(35(27)38)23-14-29(39)28(32(15-23)50-2)20-41-19-25-8-11-34(48)45-25/h3-6,9,12-15,17,24-25,40-41H,7-8,10-11,16,18-20H2,1-2H3,(H,44,47)(H,45,48)(H,46,49). The molecule has 2 atom stereocenters. The van der Waals surface area contributed by atoms with Gasteiger partial charge in [-0.2, -0.15) is 0 Å². The van der Waals surface area contributed by atoms with E-state index >= 15 is 4.39 Å². The Morgan fingerprint density at radius 1 is 0.960 bits per heavy atom. The van der Waals surface area contributed by atoms with Crippen LogP contribution in [0.1, 0.15) is 52.9 Å². The van der Waals surface area contributed by atoms with Crippen LogP contribution in [0.3, 0.4) is 0 Å². The molecule has 2 aliphatic heterocycles. The van der Waals surface area contributed by atoms with Gasteiger partial charge in [-0.3, -0.25) is 24.4 Å². The molecule has 260 valence electrons. The monoisotopic (exact) mass is 699 g/mol. The zero-order valence-electron chi connectivity index (χ0n) is 27.9. The van der Waals surface area contributed by atoms with Crippen LogP contribution in [0.4, 0.5) is 10.1 Å². The largest absolute Gasteiger partial charge is 0.496 e. The van der Waals surface area contributed by atoms with Crippen LogP contribution < -0.4 is 31.3 Å². The summed E-state index contributed by atoms with van der Waals surface area (Å²) in [6, 6.07) is 14.1. The Bertz CT molecular complexity index is 1910. The number of ether oxygens (including phenoxy) is 1. The molecule has 2 fully saturated rings. The number of amides is 3. The van der Waals surface area contributed by atoms with Crippen molar-refractivity contribution in [2.75, 3.05) is 25.5 Å². The number of nitrogens with zero attached hydrogens (tertiary/aromatic N) is 2. The number of hydrogen-bond donors (Lipinski definition) is 5. The van der Waals surface area contributed by atoms with Gasteiger partial charge >= 0.3 is 0 Å². The number of carbonyl (C=O) groups is 3. The van der Waals surface area contributed by atoms with E-state index < -0.39 is 5.82 Å². The van der Waals surface area contributed by atoms with E-state index in [9.17, 15) is 14.4 Å². The Kier molecular flexibility index (Phi) is 11.0. The lowest BCUT2D eigenvalue weighted by atomic mass is 9.97. The van der Waals surface area contributed by atoms with Crippen LogP contribution in [0.2, 0.25) is 5.02 Å². The van der Waals surface area contributed by atoms with Crippen LogP contribution in [0.25, 0.3) is 22.4 Å². The third kappa shape index (κ3) is 8.10. The van der Waals surface area contributed by atoms with Crippen molar-refractivity contribution in [3.05, 3.63) is 94.1 Å². The lowest BCUT2D eigenvalue weighted by Gasteiger charge is -2.17. The molecule has 11 nitrogen and oxygen atoms in total. The minimum absolute atomic E-state index is 0.0212. The maximum atomic E-state index is 15.5. The van der Waals surface area contributed by atoms with Gasteiger partial charge in [-0.1, -0.05) is 29.8 Å². The Labute approximate surface area is 294 Å². The van der Waals surface area contributed by atoms with Crippen molar-refractivity contribution in [3.8, 4) is 28.1 Å². The molecule has 2 aliphatic rings. The van der Waals surface area contributed by atoms with Gasteiger partial charge in [-0.05, 0) is 66.8 Å². The number of pyridine rings is 2. The Balaban J connectivity index is 1.14. The highest BCUT2D eigenvalue weighted by atomic mass is 35.5. The number of benzene rings is 2. The summed E-state index contributed by atoms with van der Waals surface area (Å²) >= 11 is 6.96. The third-order valence-corrected chi connectivity index (χ3v) is 9.43. The van der Waals surface area contributed by atoms with E-state index in [0.29, 0.717) is 71.3 Å². The van der Waals surface area contributed by atoms with E-state index in [4.69, 9.17) is 16.3 Å². The lowest BCUT2D eigenvalue weighted by molar-refractivity contribution is -0.120. The molecule has 5 N–H and O–H groups in total. The van der Waals surface area contributed by atoms with Crippen LogP contribution in [0, 0.1) is 12.7 Å². The van der Waals surface area contributed by atoms with Crippen molar-refractivity contribution < 1.29 is 23.5 Å². The van der Waals surface area contributed by atoms with E-state index in [0.717, 1.165) is 29.5 Å². The first-order chi connectivity index (χ1) is 24.2. The second-order valence-electron chi connectivity index (χ2n) is 12.5. The second kappa shape index (κ2) is 15.8. The van der Waals surface area contributed by atoms with Crippen molar-refractivity contribution in [1.29, 1.82) is 0 Å². The molecule has 0 aliphatic carbocycles. The van der Waals surface area contributed by atoms with Gasteiger partial charge in [-0.15, -0.1) is 0 Å². The zero-order chi connectivity index (χ0) is 35.2. The Hall–Kier alpha value is -4.91. The molecule has 2 aromatic carbocycles. The van der Waals surface area contributed by atoms with Crippen molar-refractivity contribution in [2.45, 2.75) is 57.8 Å². The maximum Gasteiger partial charge on any atom is 0.274 e. The molecule has 2 aromatic heterocycles. The van der Waals surface area contributed by atoms with E-state index in [1.54, 1.807) is 36.7 Å². The zero-order valence-corrected chi connectivity index (χ0v) is 28.6. The summed E-state index contributed by atoms with van der Waals surface area (Å²) in [6.45, 7) is 3.87. The molecule has 0 saturated carbocycles. The molecule has 0 spiro atoms. The number of hydrogen-bond acceptors (Lipinski definition) is 8. The summed E-state index contributed by atoms with van der Waals surface area (Å²) in [5.41, 5.74) is 5.21. The molecule has 4 aromatic rings. The van der Waals surface area contributed by atoms with Crippen LogP contribution in [-0.4, -0.2) is 60.0 Å². The summed E-state index contributed by atoms with van der Waals surface area (Å²) in [7, 11) is 1.48. The maximum absolute atomic E-state index is 15.5. The first kappa shape index (κ1) is 34.9. The lowest BCUT2D eigenvalue weighted by Crippen LogP contribution is -2.35. The number of carbonyl (C=O) groups excluding carboxylic acids is 3. The molecule has 2 saturated heterocycles. The molecular weight excluding hydrogens is 661 g/mol. The van der Waals surface area contributed by atoms with Crippen LogP contribution >= 0.6 is 11.6 Å². The molecule has 2 unspecified atom stereocenters. The van der Waals surface area contributed by atoms with Crippen LogP contribution in [-0.2, 0) is 22.7 Å². The fourth-order valence-corrected chi connectivity index (χ4v) is 6.61. The van der Waals surface area contributed by atoms with Crippen molar-refractivity contribution >= 4 is 35.0 Å². The Morgan fingerprint density at radius 3 is 2.32 bits per heavy atom. The number of rotatable bonds is 13. The average molecular weight is 700 g/mol. The topological polar surface area (TPSA) is 146 Å². The SMILES string of the molecule is COc1cc(-c2nccc(-c3cccc(NC(=O)c4ccc(CNCC5CCC(=O)N5)cn4)c3C)c2Cl)cc(F)c1CNCC1CCC(=O)N1. The van der Waals surface area contributed by atoms with E-state index in [-0.39, 0.29) is 42.0 Å². The molecule has 50 heavy (non-hydrogen) atoms. The van der Waals surface area contributed by atoms with Gasteiger partial charge in [0.1, 0.15) is 17.3 Å². The number of aromatic nitrogens is 2. The van der Waals surface area contributed by atoms with Crippen molar-refractivity contribution in [2.24, 2.45) is 0 Å². The van der Waals surface area contributed by atoms with Gasteiger partial charge in [0.05, 0.1) is 17.8 Å². The molecule has 3 amide bonds. The molecule has 6 rings (SSSR count). The highest BCUT2D eigenvalue weighted by Gasteiger charge is 2.23. The molecular formula is C37H39ClFN7O4. The van der Waals surface area contributed by atoms with E-state index in [1.807, 2.05) is 25.1 Å². The Morgan fingerprint density at radius 2 is 1.68 bits per heavy atom. The summed E-state index contributed by atoms with van der Waals surface area (Å²) < 4.78 is 21.1. The number of halogens is 2. The van der Waals surface area contributed by atoms with Gasteiger partial charge in [0.2, 0.25) is 11.8 Å². The van der Waals surface area contributed by atoms with Crippen LogP contribution in [0.15, 0.2) is 60.9 Å². The molecule has 0 bridgehead atoms. The highest BCUT2D eigenvalue weighted by molar-refractivity contribution is 6.35. The summed E-state index contributed by atoms with van der Waals surface area (Å²) in [5.74, 6) is -0.362. The fourth-order valence-electron chi connectivity index (χ4n) is 6.29. The summed E-state index contributed by atoms with van der Waals surface area (Å²) in [6.07, 6.45) is 5.90. The summed E-state index contributed by atoms with van der Waals surface area (Å²) in [4.78, 5) is 44.9. The minimum Gasteiger partial charge on any atom is -0.496 e. The number of methoxy groups -OCH3 is 1. The predicted octanol–water partition coefficient (Wildman–Crippen LogP) is 4.91. The highest BCUT2D eigenvalue weighted by Crippen LogP contribution is 2.39. The van der Waals surface area contributed by atoms with E-state index in [1.165, 1.54) is 13.2 Å². The summed E-state index contributed by atoms with van der Waals surface area (Å²) in [5, 5.41) is 15.6. The molecule has 13 heteroatoms. The second-order valence-corrected chi connectivity index (χ2v) is 12.9. The average Bonchev–Trinajstić information content (AvgIpc) is 3.73. The van der Waals surface area contributed by atoms with Gasteiger partial charge in [-0.25, -0.2) is 4.39 Å². The smallest absolute Gasteiger partial charge is 0.274 e. The van der Waals surface area contributed by atoms with Crippen molar-refractivity contribution in [1.82, 2.24) is 31.2 Å². The third-order valence-electron chi connectivity index (χ3n) is 9.05.